The third-order valence-electron chi connectivity index (χ3n) is 3.16. The van der Waals surface area contributed by atoms with Crippen LogP contribution in [0.15, 0.2) is 77.6 Å². The van der Waals surface area contributed by atoms with Gasteiger partial charge in [-0.1, -0.05) is 48.5 Å². The van der Waals surface area contributed by atoms with Crippen molar-refractivity contribution in [3.05, 3.63) is 88.7 Å². The first-order chi connectivity index (χ1) is 10.3. The Bertz CT molecular complexity index is 778. The highest BCUT2D eigenvalue weighted by Gasteiger charge is 2.01. The second kappa shape index (κ2) is 6.09. The molecule has 104 valence electrons. The summed E-state index contributed by atoms with van der Waals surface area (Å²) < 4.78 is 5.79. The molecule has 3 rings (SSSR count). The molecule has 0 radical (unpaired) electrons. The van der Waals surface area contributed by atoms with Crippen LogP contribution in [0.25, 0.3) is 11.3 Å². The second-order valence-corrected chi connectivity index (χ2v) is 4.73. The summed E-state index contributed by atoms with van der Waals surface area (Å²) in [5.41, 5.74) is 2.73. The van der Waals surface area contributed by atoms with Crippen molar-refractivity contribution in [2.24, 2.45) is 0 Å². The molecule has 1 aromatic heterocycles. The summed E-state index contributed by atoms with van der Waals surface area (Å²) in [5.74, 6) is 0.779. The lowest BCUT2D eigenvalue weighted by Gasteiger charge is -2.08. The molecule has 1 heterocycles. The first-order valence-corrected chi connectivity index (χ1v) is 6.78. The van der Waals surface area contributed by atoms with Crippen LogP contribution >= 0.6 is 0 Å². The van der Waals surface area contributed by atoms with E-state index in [1.54, 1.807) is 6.07 Å². The van der Waals surface area contributed by atoms with Crippen molar-refractivity contribution in [3.8, 4) is 17.0 Å². The van der Waals surface area contributed by atoms with E-state index in [1.807, 2.05) is 60.7 Å². The molecule has 0 spiro atoms. The fourth-order valence-electron chi connectivity index (χ4n) is 2.11. The van der Waals surface area contributed by atoms with Crippen LogP contribution in [-0.2, 0) is 6.61 Å². The maximum atomic E-state index is 11.4. The van der Waals surface area contributed by atoms with Crippen molar-refractivity contribution in [2.45, 2.75) is 6.61 Å². The van der Waals surface area contributed by atoms with Crippen molar-refractivity contribution in [2.75, 3.05) is 0 Å². The maximum Gasteiger partial charge on any atom is 0.248 e. The highest BCUT2D eigenvalue weighted by Crippen LogP contribution is 2.22. The van der Waals surface area contributed by atoms with Gasteiger partial charge < -0.3 is 9.72 Å². The standard InChI is InChI=1S/C18H15NO2/c20-18-11-5-10-17(19-18)15-8-4-9-16(12-15)21-13-14-6-2-1-3-7-14/h1-12H,13H2,(H,19,20). The molecule has 0 bridgehead atoms. The van der Waals surface area contributed by atoms with Crippen LogP contribution in [0, 0.1) is 0 Å². The number of ether oxygens (including phenoxy) is 1. The SMILES string of the molecule is O=c1cccc(-c2cccc(OCc3ccccc3)c2)[nH]1. The van der Waals surface area contributed by atoms with Gasteiger partial charge in [0.15, 0.2) is 0 Å². The largest absolute Gasteiger partial charge is 0.489 e. The van der Waals surface area contributed by atoms with Crippen LogP contribution < -0.4 is 10.3 Å². The van der Waals surface area contributed by atoms with Crippen molar-refractivity contribution in [3.63, 3.8) is 0 Å². The molecule has 0 unspecified atom stereocenters. The van der Waals surface area contributed by atoms with Crippen LogP contribution in [0.5, 0.6) is 5.75 Å². The predicted molar refractivity (Wildman–Crippen MR) is 83.3 cm³/mol. The van der Waals surface area contributed by atoms with Crippen molar-refractivity contribution >= 4 is 0 Å². The van der Waals surface area contributed by atoms with Crippen LogP contribution in [-0.4, -0.2) is 4.98 Å². The first-order valence-electron chi connectivity index (χ1n) is 6.78. The van der Waals surface area contributed by atoms with Crippen molar-refractivity contribution in [1.29, 1.82) is 0 Å². The molecular formula is C18H15NO2. The van der Waals surface area contributed by atoms with Crippen LogP contribution in [0.2, 0.25) is 0 Å². The highest BCUT2D eigenvalue weighted by molar-refractivity contribution is 5.60. The summed E-state index contributed by atoms with van der Waals surface area (Å²) in [7, 11) is 0. The Labute approximate surface area is 122 Å². The van der Waals surface area contributed by atoms with Gasteiger partial charge >= 0.3 is 0 Å². The Morgan fingerprint density at radius 3 is 2.48 bits per heavy atom. The van der Waals surface area contributed by atoms with Gasteiger partial charge in [-0.2, -0.15) is 0 Å². The lowest BCUT2D eigenvalue weighted by Crippen LogP contribution is -2.03. The lowest BCUT2D eigenvalue weighted by atomic mass is 10.1. The van der Waals surface area contributed by atoms with E-state index in [4.69, 9.17) is 4.74 Å². The van der Waals surface area contributed by atoms with Gasteiger partial charge in [-0.25, -0.2) is 0 Å². The second-order valence-electron chi connectivity index (χ2n) is 4.73. The zero-order chi connectivity index (χ0) is 14.5. The van der Waals surface area contributed by atoms with Crippen LogP contribution in [0.3, 0.4) is 0 Å². The van der Waals surface area contributed by atoms with Crippen molar-refractivity contribution in [1.82, 2.24) is 4.98 Å². The van der Waals surface area contributed by atoms with E-state index in [-0.39, 0.29) is 5.56 Å². The van der Waals surface area contributed by atoms with E-state index < -0.39 is 0 Å². The molecule has 3 heteroatoms. The van der Waals surface area contributed by atoms with Crippen LogP contribution in [0.4, 0.5) is 0 Å². The zero-order valence-electron chi connectivity index (χ0n) is 11.5. The molecule has 3 nitrogen and oxygen atoms in total. The Morgan fingerprint density at radius 2 is 1.67 bits per heavy atom. The lowest BCUT2D eigenvalue weighted by molar-refractivity contribution is 0.306. The van der Waals surface area contributed by atoms with E-state index in [1.165, 1.54) is 6.07 Å². The summed E-state index contributed by atoms with van der Waals surface area (Å²) in [6, 6.07) is 22.8. The zero-order valence-corrected chi connectivity index (χ0v) is 11.5. The third kappa shape index (κ3) is 3.39. The molecule has 0 fully saturated rings. The van der Waals surface area contributed by atoms with Gasteiger partial charge in [-0.3, -0.25) is 4.79 Å². The van der Waals surface area contributed by atoms with Crippen LogP contribution in [0.1, 0.15) is 5.56 Å². The van der Waals surface area contributed by atoms with E-state index in [2.05, 4.69) is 4.98 Å². The molecule has 0 amide bonds. The molecule has 1 N–H and O–H groups in total. The maximum absolute atomic E-state index is 11.4. The van der Waals surface area contributed by atoms with Gasteiger partial charge in [0.1, 0.15) is 12.4 Å². The number of H-pyrrole nitrogens is 1. The summed E-state index contributed by atoms with van der Waals surface area (Å²) >= 11 is 0. The molecule has 0 atom stereocenters. The average Bonchev–Trinajstić information content (AvgIpc) is 2.54. The monoisotopic (exact) mass is 277 g/mol. The summed E-state index contributed by atoms with van der Waals surface area (Å²) in [5, 5.41) is 0. The number of aromatic amines is 1. The summed E-state index contributed by atoms with van der Waals surface area (Å²) in [4.78, 5) is 14.2. The summed E-state index contributed by atoms with van der Waals surface area (Å²) in [6.45, 7) is 0.523. The van der Waals surface area contributed by atoms with Gasteiger partial charge in [0, 0.05) is 17.3 Å². The number of benzene rings is 2. The first kappa shape index (κ1) is 13.2. The molecule has 0 saturated carbocycles. The number of aromatic nitrogens is 1. The Balaban J connectivity index is 1.79. The fourth-order valence-corrected chi connectivity index (χ4v) is 2.11. The normalized spacial score (nSPS) is 10.3. The molecule has 0 aliphatic rings. The number of rotatable bonds is 4. The Hall–Kier alpha value is -2.81. The molecule has 3 aromatic rings. The van der Waals surface area contributed by atoms with E-state index >= 15 is 0 Å². The van der Waals surface area contributed by atoms with Gasteiger partial charge in [0.2, 0.25) is 5.56 Å². The van der Waals surface area contributed by atoms with Crippen molar-refractivity contribution < 1.29 is 4.74 Å². The molecule has 21 heavy (non-hydrogen) atoms. The molecule has 0 saturated heterocycles. The number of hydrogen-bond acceptors (Lipinski definition) is 2. The van der Waals surface area contributed by atoms with E-state index in [0.717, 1.165) is 22.6 Å². The smallest absolute Gasteiger partial charge is 0.248 e. The molecule has 0 aliphatic heterocycles. The third-order valence-corrected chi connectivity index (χ3v) is 3.16. The van der Waals surface area contributed by atoms with E-state index in [0.29, 0.717) is 6.61 Å². The highest BCUT2D eigenvalue weighted by atomic mass is 16.5. The molecule has 2 aromatic carbocycles. The number of pyridine rings is 1. The summed E-state index contributed by atoms with van der Waals surface area (Å²) in [6.07, 6.45) is 0. The Morgan fingerprint density at radius 1 is 0.857 bits per heavy atom. The average molecular weight is 277 g/mol. The minimum atomic E-state index is -0.108. The minimum Gasteiger partial charge on any atom is -0.489 e. The molecular weight excluding hydrogens is 262 g/mol. The van der Waals surface area contributed by atoms with Gasteiger partial charge in [-0.05, 0) is 23.8 Å². The quantitative estimate of drug-likeness (QED) is 0.791. The topological polar surface area (TPSA) is 42.1 Å². The van der Waals surface area contributed by atoms with Gasteiger partial charge in [-0.15, -0.1) is 0 Å². The molecule has 0 aliphatic carbocycles. The fraction of sp³-hybridized carbons (Fsp3) is 0.0556. The van der Waals surface area contributed by atoms with E-state index in [9.17, 15) is 4.79 Å². The predicted octanol–water partition coefficient (Wildman–Crippen LogP) is 3.62. The minimum absolute atomic E-state index is 0.108. The Kier molecular flexibility index (Phi) is 3.83. The number of hydrogen-bond donors (Lipinski definition) is 1. The van der Waals surface area contributed by atoms with Gasteiger partial charge in [0.25, 0.3) is 0 Å². The number of nitrogens with one attached hydrogen (secondary N) is 1. The van der Waals surface area contributed by atoms with Gasteiger partial charge in [0.05, 0.1) is 0 Å².